The van der Waals surface area contributed by atoms with Crippen molar-refractivity contribution >= 4 is 17.5 Å². The van der Waals surface area contributed by atoms with Crippen molar-refractivity contribution in [2.24, 2.45) is 5.92 Å². The molecule has 0 saturated heterocycles. The van der Waals surface area contributed by atoms with Gasteiger partial charge in [-0.1, -0.05) is 19.9 Å². The summed E-state index contributed by atoms with van der Waals surface area (Å²) < 4.78 is 0. The molecule has 6 heteroatoms. The number of nitrogens with zero attached hydrogens (tertiary/aromatic N) is 3. The van der Waals surface area contributed by atoms with E-state index in [1.54, 1.807) is 12.4 Å². The monoisotopic (exact) mass is 377 g/mol. The molecule has 3 N–H and O–H groups in total. The molecular weight excluding hydrogens is 350 g/mol. The van der Waals surface area contributed by atoms with Crippen molar-refractivity contribution in [2.45, 2.75) is 33.7 Å². The molecule has 28 heavy (non-hydrogen) atoms. The summed E-state index contributed by atoms with van der Waals surface area (Å²) in [6.45, 7) is 8.26. The molecule has 0 fully saturated rings. The lowest BCUT2D eigenvalue weighted by Gasteiger charge is -2.21. The smallest absolute Gasteiger partial charge is 0.225 e. The van der Waals surface area contributed by atoms with E-state index >= 15 is 0 Å². The van der Waals surface area contributed by atoms with Gasteiger partial charge in [0.1, 0.15) is 5.82 Å². The SMILES string of the molecule is Cc1cc(C)cc(Nc2cc(-c3ccncc3)nc(N[C@H](CO)C(C)C)n2)c1. The minimum absolute atomic E-state index is 0.0142. The second-order valence-corrected chi connectivity index (χ2v) is 7.38. The lowest BCUT2D eigenvalue weighted by molar-refractivity contribution is 0.248. The van der Waals surface area contributed by atoms with Crippen molar-refractivity contribution in [1.29, 1.82) is 0 Å². The van der Waals surface area contributed by atoms with E-state index in [2.05, 4.69) is 71.5 Å². The normalized spacial score (nSPS) is 12.1. The molecule has 2 heterocycles. The predicted molar refractivity (Wildman–Crippen MR) is 114 cm³/mol. The summed E-state index contributed by atoms with van der Waals surface area (Å²) in [6, 6.07) is 11.9. The summed E-state index contributed by atoms with van der Waals surface area (Å²) in [5, 5.41) is 16.3. The maximum atomic E-state index is 9.67. The third-order valence-corrected chi connectivity index (χ3v) is 4.51. The number of aliphatic hydroxyl groups excluding tert-OH is 1. The second kappa shape index (κ2) is 8.80. The van der Waals surface area contributed by atoms with Crippen LogP contribution in [0.25, 0.3) is 11.3 Å². The molecule has 6 nitrogen and oxygen atoms in total. The van der Waals surface area contributed by atoms with Crippen molar-refractivity contribution in [3.63, 3.8) is 0 Å². The number of aliphatic hydroxyl groups is 1. The lowest BCUT2D eigenvalue weighted by atomic mass is 10.1. The Morgan fingerprint density at radius 2 is 1.64 bits per heavy atom. The average molecular weight is 377 g/mol. The Morgan fingerprint density at radius 1 is 0.964 bits per heavy atom. The highest BCUT2D eigenvalue weighted by Crippen LogP contribution is 2.25. The summed E-state index contributed by atoms with van der Waals surface area (Å²) >= 11 is 0. The third kappa shape index (κ3) is 5.04. The molecule has 2 aromatic heterocycles. The predicted octanol–water partition coefficient (Wildman–Crippen LogP) is 4.33. The van der Waals surface area contributed by atoms with E-state index in [9.17, 15) is 5.11 Å². The van der Waals surface area contributed by atoms with Crippen molar-refractivity contribution in [2.75, 3.05) is 17.2 Å². The van der Waals surface area contributed by atoms with Crippen LogP contribution in [0.4, 0.5) is 17.5 Å². The maximum Gasteiger partial charge on any atom is 0.225 e. The number of anilines is 3. The Kier molecular flexibility index (Phi) is 6.21. The molecule has 0 radical (unpaired) electrons. The summed E-state index contributed by atoms with van der Waals surface area (Å²) in [4.78, 5) is 13.4. The number of nitrogens with one attached hydrogen (secondary N) is 2. The summed E-state index contributed by atoms with van der Waals surface area (Å²) in [7, 11) is 0. The van der Waals surface area contributed by atoms with Gasteiger partial charge in [-0.05, 0) is 55.2 Å². The van der Waals surface area contributed by atoms with Gasteiger partial charge in [0.15, 0.2) is 0 Å². The standard InChI is InChI=1S/C22H27N5O/c1-14(2)20(13-28)26-22-25-19(17-5-7-23-8-6-17)12-21(27-22)24-18-10-15(3)9-16(4)11-18/h5-12,14,20,28H,13H2,1-4H3,(H2,24,25,26,27)/t20-/m1/s1. The van der Waals surface area contributed by atoms with Crippen molar-refractivity contribution in [3.05, 3.63) is 59.9 Å². The zero-order valence-corrected chi connectivity index (χ0v) is 16.8. The van der Waals surface area contributed by atoms with Crippen LogP contribution in [-0.2, 0) is 0 Å². The van der Waals surface area contributed by atoms with Crippen LogP contribution in [0.1, 0.15) is 25.0 Å². The largest absolute Gasteiger partial charge is 0.394 e. The first-order chi connectivity index (χ1) is 13.4. The highest BCUT2D eigenvalue weighted by Gasteiger charge is 2.15. The van der Waals surface area contributed by atoms with Crippen LogP contribution in [0.5, 0.6) is 0 Å². The number of aryl methyl sites for hydroxylation is 2. The fraction of sp³-hybridized carbons (Fsp3) is 0.318. The van der Waals surface area contributed by atoms with Gasteiger partial charge in [-0.15, -0.1) is 0 Å². The highest BCUT2D eigenvalue weighted by atomic mass is 16.3. The van der Waals surface area contributed by atoms with Gasteiger partial charge < -0.3 is 15.7 Å². The second-order valence-electron chi connectivity index (χ2n) is 7.38. The van der Waals surface area contributed by atoms with Crippen LogP contribution < -0.4 is 10.6 Å². The van der Waals surface area contributed by atoms with Crippen molar-refractivity contribution in [3.8, 4) is 11.3 Å². The molecule has 0 spiro atoms. The zero-order valence-electron chi connectivity index (χ0n) is 16.8. The van der Waals surface area contributed by atoms with Gasteiger partial charge in [0.05, 0.1) is 18.3 Å². The average Bonchev–Trinajstić information content (AvgIpc) is 2.65. The van der Waals surface area contributed by atoms with E-state index in [0.717, 1.165) is 16.9 Å². The minimum atomic E-state index is -0.123. The first-order valence-electron chi connectivity index (χ1n) is 9.47. The van der Waals surface area contributed by atoms with Crippen molar-refractivity contribution in [1.82, 2.24) is 15.0 Å². The maximum absolute atomic E-state index is 9.67. The molecule has 0 bridgehead atoms. The number of benzene rings is 1. The van der Waals surface area contributed by atoms with E-state index in [1.165, 1.54) is 11.1 Å². The topological polar surface area (TPSA) is 83.0 Å². The van der Waals surface area contributed by atoms with Gasteiger partial charge in [-0.25, -0.2) is 4.98 Å². The lowest BCUT2D eigenvalue weighted by Crippen LogP contribution is -2.30. The molecular formula is C22H27N5O. The summed E-state index contributed by atoms with van der Waals surface area (Å²) in [6.07, 6.45) is 3.48. The van der Waals surface area contributed by atoms with Gasteiger partial charge >= 0.3 is 0 Å². The first kappa shape index (κ1) is 19.8. The van der Waals surface area contributed by atoms with Gasteiger partial charge in [-0.2, -0.15) is 4.98 Å². The zero-order chi connectivity index (χ0) is 20.1. The molecule has 0 aliphatic rings. The molecule has 0 aliphatic carbocycles. The molecule has 3 aromatic rings. The van der Waals surface area contributed by atoms with Gasteiger partial charge in [0.2, 0.25) is 5.95 Å². The molecule has 0 saturated carbocycles. The fourth-order valence-electron chi connectivity index (χ4n) is 3.03. The van der Waals surface area contributed by atoms with Crippen LogP contribution in [0.3, 0.4) is 0 Å². The van der Waals surface area contributed by atoms with E-state index in [1.807, 2.05) is 18.2 Å². The molecule has 0 unspecified atom stereocenters. The number of pyridine rings is 1. The van der Waals surface area contributed by atoms with Gasteiger partial charge in [-0.3, -0.25) is 4.98 Å². The Labute approximate surface area is 166 Å². The molecule has 146 valence electrons. The fourth-order valence-corrected chi connectivity index (χ4v) is 3.03. The van der Waals surface area contributed by atoms with Crippen LogP contribution in [0.15, 0.2) is 48.8 Å². The Balaban J connectivity index is 1.99. The summed E-state index contributed by atoms with van der Waals surface area (Å²) in [5.41, 5.74) is 5.08. The number of hydrogen-bond acceptors (Lipinski definition) is 6. The molecule has 0 aliphatic heterocycles. The molecule has 0 amide bonds. The minimum Gasteiger partial charge on any atom is -0.394 e. The third-order valence-electron chi connectivity index (χ3n) is 4.51. The van der Waals surface area contributed by atoms with Crippen LogP contribution >= 0.6 is 0 Å². The van der Waals surface area contributed by atoms with Crippen molar-refractivity contribution < 1.29 is 5.11 Å². The number of aromatic nitrogens is 3. The highest BCUT2D eigenvalue weighted by molar-refractivity contribution is 5.67. The Morgan fingerprint density at radius 3 is 2.25 bits per heavy atom. The van der Waals surface area contributed by atoms with E-state index in [0.29, 0.717) is 11.8 Å². The molecule has 3 rings (SSSR count). The number of rotatable bonds is 7. The van der Waals surface area contributed by atoms with Crippen LogP contribution in [-0.4, -0.2) is 32.7 Å². The number of hydrogen-bond donors (Lipinski definition) is 3. The summed E-state index contributed by atoms with van der Waals surface area (Å²) in [5.74, 6) is 1.41. The quantitative estimate of drug-likeness (QED) is 0.568. The molecule has 1 aromatic carbocycles. The Hall–Kier alpha value is -2.99. The van der Waals surface area contributed by atoms with Gasteiger partial charge in [0.25, 0.3) is 0 Å². The van der Waals surface area contributed by atoms with Gasteiger partial charge in [0, 0.05) is 29.7 Å². The van der Waals surface area contributed by atoms with Crippen LogP contribution in [0.2, 0.25) is 0 Å². The van der Waals surface area contributed by atoms with E-state index in [-0.39, 0.29) is 18.6 Å². The Bertz CT molecular complexity index is 907. The van der Waals surface area contributed by atoms with E-state index in [4.69, 9.17) is 0 Å². The first-order valence-corrected chi connectivity index (χ1v) is 9.47. The van der Waals surface area contributed by atoms with Crippen LogP contribution in [0, 0.1) is 19.8 Å². The molecule has 1 atom stereocenters. The van der Waals surface area contributed by atoms with E-state index < -0.39 is 0 Å².